The van der Waals surface area contributed by atoms with E-state index in [2.05, 4.69) is 0 Å². The number of carbonyl (C=O) groups is 1. The number of hydrogen-bond acceptors (Lipinski definition) is 4. The molecule has 0 spiro atoms. The van der Waals surface area contributed by atoms with Gasteiger partial charge in [-0.3, -0.25) is 4.79 Å². The number of hydrogen-bond donors (Lipinski definition) is 2. The lowest BCUT2D eigenvalue weighted by Gasteiger charge is -2.13. The standard InChI is InChI=1S/C11H14N2O3/c1-6-2-9-10(16-5-15-9)3-7(6)8(12)4-11(13)14/h2-3,8H,4-5,12H2,1H3,(H2,13,14). The lowest BCUT2D eigenvalue weighted by molar-refractivity contribution is -0.118. The first-order chi connectivity index (χ1) is 7.58. The molecule has 16 heavy (non-hydrogen) atoms. The van der Waals surface area contributed by atoms with Crippen molar-refractivity contribution in [2.24, 2.45) is 11.5 Å². The molecule has 0 bridgehead atoms. The Hall–Kier alpha value is -1.75. The number of fused-ring (bicyclic) bond motifs is 1. The number of primary amides is 1. The molecule has 1 aromatic carbocycles. The molecule has 2 rings (SSSR count). The van der Waals surface area contributed by atoms with Gasteiger partial charge in [0.05, 0.1) is 0 Å². The molecule has 1 unspecified atom stereocenters. The maximum absolute atomic E-state index is 10.8. The summed E-state index contributed by atoms with van der Waals surface area (Å²) in [6.45, 7) is 2.14. The molecule has 0 aliphatic carbocycles. The van der Waals surface area contributed by atoms with E-state index in [0.717, 1.165) is 11.1 Å². The fourth-order valence-corrected chi connectivity index (χ4v) is 1.79. The Morgan fingerprint density at radius 2 is 2.06 bits per heavy atom. The zero-order valence-electron chi connectivity index (χ0n) is 9.03. The molecule has 4 N–H and O–H groups in total. The van der Waals surface area contributed by atoms with Gasteiger partial charge in [-0.05, 0) is 30.2 Å². The summed E-state index contributed by atoms with van der Waals surface area (Å²) < 4.78 is 10.5. The van der Waals surface area contributed by atoms with Gasteiger partial charge in [-0.1, -0.05) is 0 Å². The van der Waals surface area contributed by atoms with Gasteiger partial charge in [-0.25, -0.2) is 0 Å². The summed E-state index contributed by atoms with van der Waals surface area (Å²) in [6.07, 6.45) is 0.125. The molecule has 1 aliphatic rings. The van der Waals surface area contributed by atoms with E-state index >= 15 is 0 Å². The summed E-state index contributed by atoms with van der Waals surface area (Å²) in [4.78, 5) is 10.8. The molecule has 5 heteroatoms. The Morgan fingerprint density at radius 1 is 1.44 bits per heavy atom. The molecule has 1 amide bonds. The largest absolute Gasteiger partial charge is 0.454 e. The number of ether oxygens (including phenoxy) is 2. The first kappa shape index (κ1) is 10.8. The van der Waals surface area contributed by atoms with Crippen molar-refractivity contribution in [2.45, 2.75) is 19.4 Å². The van der Waals surface area contributed by atoms with E-state index in [1.807, 2.05) is 19.1 Å². The van der Waals surface area contributed by atoms with E-state index in [0.29, 0.717) is 11.5 Å². The lowest BCUT2D eigenvalue weighted by atomic mass is 9.98. The van der Waals surface area contributed by atoms with Crippen LogP contribution in [0.3, 0.4) is 0 Å². The third-order valence-corrected chi connectivity index (χ3v) is 2.58. The van der Waals surface area contributed by atoms with Crippen molar-refractivity contribution < 1.29 is 14.3 Å². The highest BCUT2D eigenvalue weighted by Crippen LogP contribution is 2.36. The summed E-state index contributed by atoms with van der Waals surface area (Å²) in [5.41, 5.74) is 12.8. The van der Waals surface area contributed by atoms with Crippen LogP contribution in [0.25, 0.3) is 0 Å². The first-order valence-electron chi connectivity index (χ1n) is 5.02. The molecule has 0 aromatic heterocycles. The maximum Gasteiger partial charge on any atom is 0.231 e. The smallest absolute Gasteiger partial charge is 0.231 e. The van der Waals surface area contributed by atoms with E-state index in [9.17, 15) is 4.79 Å². The summed E-state index contributed by atoms with van der Waals surface area (Å²) in [5, 5.41) is 0. The van der Waals surface area contributed by atoms with Gasteiger partial charge < -0.3 is 20.9 Å². The molecular formula is C11H14N2O3. The van der Waals surface area contributed by atoms with Gasteiger partial charge in [0, 0.05) is 12.5 Å². The van der Waals surface area contributed by atoms with Crippen molar-refractivity contribution in [3.63, 3.8) is 0 Å². The van der Waals surface area contributed by atoms with E-state index < -0.39 is 11.9 Å². The van der Waals surface area contributed by atoms with Crippen molar-refractivity contribution in [3.05, 3.63) is 23.3 Å². The van der Waals surface area contributed by atoms with Crippen molar-refractivity contribution in [1.29, 1.82) is 0 Å². The zero-order valence-corrected chi connectivity index (χ0v) is 9.03. The van der Waals surface area contributed by atoms with E-state index in [1.54, 1.807) is 0 Å². The minimum Gasteiger partial charge on any atom is -0.454 e. The lowest BCUT2D eigenvalue weighted by Crippen LogP contribution is -2.21. The monoisotopic (exact) mass is 222 g/mol. The van der Waals surface area contributed by atoms with Crippen LogP contribution in [0.4, 0.5) is 0 Å². The van der Waals surface area contributed by atoms with Gasteiger partial charge in [0.15, 0.2) is 11.5 Å². The Balaban J connectivity index is 2.30. The average Bonchev–Trinajstić information content (AvgIpc) is 2.61. The molecule has 0 saturated carbocycles. The normalized spacial score (nSPS) is 14.9. The van der Waals surface area contributed by atoms with Crippen LogP contribution in [0.2, 0.25) is 0 Å². The Kier molecular flexibility index (Phi) is 2.70. The van der Waals surface area contributed by atoms with Gasteiger partial charge >= 0.3 is 0 Å². The Morgan fingerprint density at radius 3 is 2.69 bits per heavy atom. The second kappa shape index (κ2) is 4.02. The van der Waals surface area contributed by atoms with E-state index in [-0.39, 0.29) is 13.2 Å². The molecule has 86 valence electrons. The van der Waals surface area contributed by atoms with Gasteiger partial charge in [-0.2, -0.15) is 0 Å². The van der Waals surface area contributed by atoms with Gasteiger partial charge in [0.2, 0.25) is 12.7 Å². The first-order valence-corrected chi connectivity index (χ1v) is 5.02. The summed E-state index contributed by atoms with van der Waals surface area (Å²) in [7, 11) is 0. The van der Waals surface area contributed by atoms with Crippen LogP contribution in [0.1, 0.15) is 23.6 Å². The summed E-state index contributed by atoms with van der Waals surface area (Å²) in [6, 6.07) is 3.27. The molecule has 0 saturated heterocycles. The van der Waals surface area contributed by atoms with Crippen LogP contribution < -0.4 is 20.9 Å². The molecule has 1 atom stereocenters. The van der Waals surface area contributed by atoms with Crippen LogP contribution in [-0.2, 0) is 4.79 Å². The Bertz CT molecular complexity index is 431. The summed E-state index contributed by atoms with van der Waals surface area (Å²) in [5.74, 6) is 0.970. The molecular weight excluding hydrogens is 208 g/mol. The van der Waals surface area contributed by atoms with Gasteiger partial charge in [-0.15, -0.1) is 0 Å². The number of nitrogens with two attached hydrogens (primary N) is 2. The number of carbonyl (C=O) groups excluding carboxylic acids is 1. The van der Waals surface area contributed by atoms with Crippen molar-refractivity contribution >= 4 is 5.91 Å². The molecule has 5 nitrogen and oxygen atoms in total. The van der Waals surface area contributed by atoms with Crippen LogP contribution >= 0.6 is 0 Å². The average molecular weight is 222 g/mol. The predicted molar refractivity (Wildman–Crippen MR) is 58.0 cm³/mol. The highest BCUT2D eigenvalue weighted by atomic mass is 16.7. The highest BCUT2D eigenvalue weighted by Gasteiger charge is 2.19. The molecule has 0 fully saturated rings. The van der Waals surface area contributed by atoms with Crippen LogP contribution in [0, 0.1) is 6.92 Å². The van der Waals surface area contributed by atoms with Crippen molar-refractivity contribution in [3.8, 4) is 11.5 Å². The quantitative estimate of drug-likeness (QED) is 0.783. The predicted octanol–water partition coefficient (Wildman–Crippen LogP) is 0.599. The topological polar surface area (TPSA) is 87.6 Å². The third-order valence-electron chi connectivity index (χ3n) is 2.58. The minimum atomic E-state index is -0.412. The van der Waals surface area contributed by atoms with Crippen molar-refractivity contribution in [1.82, 2.24) is 0 Å². The number of aryl methyl sites for hydroxylation is 1. The van der Waals surface area contributed by atoms with Crippen LogP contribution in [-0.4, -0.2) is 12.7 Å². The molecule has 1 heterocycles. The summed E-state index contributed by atoms with van der Waals surface area (Å²) >= 11 is 0. The molecule has 0 radical (unpaired) electrons. The fraction of sp³-hybridized carbons (Fsp3) is 0.364. The molecule has 1 aliphatic heterocycles. The second-order valence-corrected chi connectivity index (χ2v) is 3.84. The highest BCUT2D eigenvalue weighted by molar-refractivity contribution is 5.74. The van der Waals surface area contributed by atoms with Gasteiger partial charge in [0.25, 0.3) is 0 Å². The Labute approximate surface area is 93.3 Å². The van der Waals surface area contributed by atoms with Crippen LogP contribution in [0.15, 0.2) is 12.1 Å². The minimum absolute atomic E-state index is 0.125. The van der Waals surface area contributed by atoms with Gasteiger partial charge in [0.1, 0.15) is 0 Å². The third kappa shape index (κ3) is 1.94. The van der Waals surface area contributed by atoms with E-state index in [1.165, 1.54) is 0 Å². The molecule has 1 aromatic rings. The zero-order chi connectivity index (χ0) is 11.7. The van der Waals surface area contributed by atoms with Crippen LogP contribution in [0.5, 0.6) is 11.5 Å². The fourth-order valence-electron chi connectivity index (χ4n) is 1.79. The number of benzene rings is 1. The number of amides is 1. The number of rotatable bonds is 3. The van der Waals surface area contributed by atoms with Crippen molar-refractivity contribution in [2.75, 3.05) is 6.79 Å². The maximum atomic E-state index is 10.8. The second-order valence-electron chi connectivity index (χ2n) is 3.84. The van der Waals surface area contributed by atoms with E-state index in [4.69, 9.17) is 20.9 Å². The SMILES string of the molecule is Cc1cc2c(cc1C(N)CC(N)=O)OCO2.